The normalized spacial score (nSPS) is 15.0. The largest absolute Gasteiger partial charge is 0.493 e. The molecule has 0 aliphatic heterocycles. The third-order valence-corrected chi connectivity index (χ3v) is 4.91. The average Bonchev–Trinajstić information content (AvgIpc) is 2.97. The van der Waals surface area contributed by atoms with Crippen molar-refractivity contribution in [1.29, 1.82) is 0 Å². The monoisotopic (exact) mass is 371 g/mol. The first-order chi connectivity index (χ1) is 13.3. The molecule has 0 atom stereocenters. The van der Waals surface area contributed by atoms with Crippen molar-refractivity contribution in [2.75, 3.05) is 31.4 Å². The summed E-state index contributed by atoms with van der Waals surface area (Å²) in [4.78, 5) is 4.55. The second-order valence-electron chi connectivity index (χ2n) is 6.86. The Labute approximate surface area is 160 Å². The highest BCUT2D eigenvalue weighted by atomic mass is 16.5. The number of methoxy groups -OCH3 is 2. The van der Waals surface area contributed by atoms with Gasteiger partial charge < -0.3 is 20.1 Å². The molecule has 7 nitrogen and oxygen atoms in total. The molecule has 0 spiro atoms. The molecular formula is C20H29N5O2. The summed E-state index contributed by atoms with van der Waals surface area (Å²) < 4.78 is 10.6. The number of hydrogen-bond donors (Lipinski definition) is 2. The Balaban J connectivity index is 1.52. The number of ether oxygens (including phenoxy) is 2. The van der Waals surface area contributed by atoms with E-state index in [0.717, 1.165) is 30.3 Å². The number of hydrogen-bond acceptors (Lipinski definition) is 7. The molecule has 1 aliphatic carbocycles. The first-order valence-corrected chi connectivity index (χ1v) is 9.69. The molecule has 3 rings (SSSR count). The van der Waals surface area contributed by atoms with Crippen LogP contribution in [-0.4, -0.2) is 42.0 Å². The van der Waals surface area contributed by atoms with Gasteiger partial charge in [-0.15, -0.1) is 5.10 Å². The molecular weight excluding hydrogens is 342 g/mol. The van der Waals surface area contributed by atoms with E-state index in [-0.39, 0.29) is 0 Å². The van der Waals surface area contributed by atoms with Gasteiger partial charge in [-0.25, -0.2) is 0 Å². The molecule has 1 aliphatic rings. The Hall–Kier alpha value is -2.57. The van der Waals surface area contributed by atoms with Crippen LogP contribution in [-0.2, 0) is 6.42 Å². The van der Waals surface area contributed by atoms with Gasteiger partial charge in [-0.1, -0.05) is 31.7 Å². The fourth-order valence-corrected chi connectivity index (χ4v) is 3.43. The van der Waals surface area contributed by atoms with Crippen LogP contribution in [0.25, 0.3) is 0 Å². The molecule has 1 heterocycles. The molecule has 27 heavy (non-hydrogen) atoms. The summed E-state index contributed by atoms with van der Waals surface area (Å²) in [5, 5.41) is 15.0. The van der Waals surface area contributed by atoms with Crippen LogP contribution in [0.1, 0.15) is 44.1 Å². The van der Waals surface area contributed by atoms with E-state index in [1.54, 1.807) is 20.4 Å². The lowest BCUT2D eigenvalue weighted by Gasteiger charge is -2.16. The van der Waals surface area contributed by atoms with Crippen LogP contribution >= 0.6 is 0 Å². The molecule has 2 N–H and O–H groups in total. The highest BCUT2D eigenvalue weighted by molar-refractivity contribution is 5.43. The molecule has 0 amide bonds. The molecule has 0 bridgehead atoms. The van der Waals surface area contributed by atoms with Gasteiger partial charge in [0.15, 0.2) is 17.3 Å². The van der Waals surface area contributed by atoms with Crippen LogP contribution in [0.4, 0.5) is 11.8 Å². The van der Waals surface area contributed by atoms with Gasteiger partial charge >= 0.3 is 0 Å². The van der Waals surface area contributed by atoms with Gasteiger partial charge in [0.25, 0.3) is 0 Å². The Morgan fingerprint density at radius 3 is 2.56 bits per heavy atom. The van der Waals surface area contributed by atoms with Crippen LogP contribution in [0.2, 0.25) is 0 Å². The molecule has 2 aromatic rings. The second-order valence-corrected chi connectivity index (χ2v) is 6.86. The van der Waals surface area contributed by atoms with Gasteiger partial charge in [-0.2, -0.15) is 10.1 Å². The van der Waals surface area contributed by atoms with Crippen molar-refractivity contribution in [1.82, 2.24) is 15.2 Å². The minimum Gasteiger partial charge on any atom is -0.493 e. The maximum Gasteiger partial charge on any atom is 0.244 e. The van der Waals surface area contributed by atoms with E-state index in [4.69, 9.17) is 9.47 Å². The lowest BCUT2D eigenvalue weighted by molar-refractivity contribution is 0.354. The maximum absolute atomic E-state index is 5.35. The molecule has 1 aromatic heterocycles. The fraction of sp³-hybridized carbons (Fsp3) is 0.550. The van der Waals surface area contributed by atoms with Gasteiger partial charge in [-0.3, -0.25) is 0 Å². The number of benzene rings is 1. The Morgan fingerprint density at radius 1 is 1.04 bits per heavy atom. The molecule has 0 saturated heterocycles. The zero-order valence-corrected chi connectivity index (χ0v) is 16.2. The van der Waals surface area contributed by atoms with Crippen LogP contribution in [0.15, 0.2) is 24.4 Å². The maximum atomic E-state index is 5.35. The number of aromatic nitrogens is 3. The van der Waals surface area contributed by atoms with E-state index >= 15 is 0 Å². The van der Waals surface area contributed by atoms with Crippen LogP contribution < -0.4 is 20.1 Å². The molecule has 1 saturated carbocycles. The molecule has 7 heteroatoms. The van der Waals surface area contributed by atoms with Gasteiger partial charge in [0.2, 0.25) is 5.95 Å². The lowest BCUT2D eigenvalue weighted by Crippen LogP contribution is -2.20. The minimum atomic E-state index is 0.455. The topological polar surface area (TPSA) is 81.2 Å². The molecule has 0 unspecified atom stereocenters. The third kappa shape index (κ3) is 5.70. The third-order valence-electron chi connectivity index (χ3n) is 4.91. The van der Waals surface area contributed by atoms with E-state index < -0.39 is 0 Å². The number of nitrogens with zero attached hydrogens (tertiary/aromatic N) is 3. The SMILES string of the molecule is COc1ccc(CCNc2cnnc(NC3CCCCCC3)n2)cc1OC. The van der Waals surface area contributed by atoms with Crippen molar-refractivity contribution >= 4 is 11.8 Å². The Morgan fingerprint density at radius 2 is 1.81 bits per heavy atom. The predicted octanol–water partition coefficient (Wildman–Crippen LogP) is 3.68. The molecule has 1 aromatic carbocycles. The van der Waals surface area contributed by atoms with E-state index in [1.165, 1.54) is 44.1 Å². The van der Waals surface area contributed by atoms with Crippen LogP contribution in [0.5, 0.6) is 11.5 Å². The lowest BCUT2D eigenvalue weighted by atomic mass is 10.1. The van der Waals surface area contributed by atoms with E-state index in [0.29, 0.717) is 12.0 Å². The van der Waals surface area contributed by atoms with Gasteiger partial charge in [0.05, 0.1) is 20.4 Å². The van der Waals surface area contributed by atoms with Crippen molar-refractivity contribution < 1.29 is 9.47 Å². The van der Waals surface area contributed by atoms with E-state index in [2.05, 4.69) is 25.8 Å². The first kappa shape index (κ1) is 19.2. The Bertz CT molecular complexity index is 717. The summed E-state index contributed by atoms with van der Waals surface area (Å²) in [6.07, 6.45) is 10.1. The zero-order valence-electron chi connectivity index (χ0n) is 16.2. The van der Waals surface area contributed by atoms with Crippen LogP contribution in [0.3, 0.4) is 0 Å². The molecule has 1 fully saturated rings. The number of nitrogens with one attached hydrogen (secondary N) is 2. The fourth-order valence-electron chi connectivity index (χ4n) is 3.43. The highest BCUT2D eigenvalue weighted by Crippen LogP contribution is 2.27. The zero-order chi connectivity index (χ0) is 18.9. The quantitative estimate of drug-likeness (QED) is 0.685. The summed E-state index contributed by atoms with van der Waals surface area (Å²) in [5.74, 6) is 2.83. The smallest absolute Gasteiger partial charge is 0.244 e. The summed E-state index contributed by atoms with van der Waals surface area (Å²) in [5.41, 5.74) is 1.17. The van der Waals surface area contributed by atoms with E-state index in [1.807, 2.05) is 18.2 Å². The molecule has 146 valence electrons. The summed E-state index contributed by atoms with van der Waals surface area (Å²) in [6.45, 7) is 0.747. The van der Waals surface area contributed by atoms with Crippen molar-refractivity contribution in [3.8, 4) is 11.5 Å². The minimum absolute atomic E-state index is 0.455. The summed E-state index contributed by atoms with van der Waals surface area (Å²) in [6, 6.07) is 6.42. The number of rotatable bonds is 8. The standard InChI is InChI=1S/C20H29N5O2/c1-26-17-10-9-15(13-18(17)27-2)11-12-21-19-14-22-25-20(24-19)23-16-7-5-3-4-6-8-16/h9-10,13-14,16H,3-8,11-12H2,1-2H3,(H2,21,23,24,25). The average molecular weight is 371 g/mol. The van der Waals surface area contributed by atoms with Crippen molar-refractivity contribution in [3.63, 3.8) is 0 Å². The van der Waals surface area contributed by atoms with Gasteiger partial charge in [-0.05, 0) is 37.0 Å². The highest BCUT2D eigenvalue weighted by Gasteiger charge is 2.13. The second kappa shape index (κ2) is 9.94. The van der Waals surface area contributed by atoms with Crippen molar-refractivity contribution in [3.05, 3.63) is 30.0 Å². The van der Waals surface area contributed by atoms with Gasteiger partial charge in [0, 0.05) is 12.6 Å². The summed E-state index contributed by atoms with van der Waals surface area (Å²) in [7, 11) is 3.29. The van der Waals surface area contributed by atoms with Crippen molar-refractivity contribution in [2.45, 2.75) is 51.0 Å². The van der Waals surface area contributed by atoms with E-state index in [9.17, 15) is 0 Å². The van der Waals surface area contributed by atoms with Gasteiger partial charge in [0.1, 0.15) is 0 Å². The number of anilines is 2. The molecule has 0 radical (unpaired) electrons. The Kier molecular flexibility index (Phi) is 7.07. The first-order valence-electron chi connectivity index (χ1n) is 9.69. The summed E-state index contributed by atoms with van der Waals surface area (Å²) >= 11 is 0. The van der Waals surface area contributed by atoms with Crippen molar-refractivity contribution in [2.24, 2.45) is 0 Å². The van der Waals surface area contributed by atoms with Crippen LogP contribution in [0, 0.1) is 0 Å². The predicted molar refractivity (Wildman–Crippen MR) is 107 cm³/mol.